The summed E-state index contributed by atoms with van der Waals surface area (Å²) in [5.41, 5.74) is 0. The van der Waals surface area contributed by atoms with Crippen molar-refractivity contribution in [2.75, 3.05) is 33.9 Å². The lowest BCUT2D eigenvalue weighted by atomic mass is 10.1. The van der Waals surface area contributed by atoms with E-state index in [0.29, 0.717) is 6.54 Å². The predicted octanol–water partition coefficient (Wildman–Crippen LogP) is 0.939. The third kappa shape index (κ3) is 3.16. The highest BCUT2D eigenvalue weighted by molar-refractivity contribution is 4.70. The van der Waals surface area contributed by atoms with Gasteiger partial charge in [-0.15, -0.1) is 0 Å². The van der Waals surface area contributed by atoms with Crippen molar-refractivity contribution < 1.29 is 4.39 Å². The van der Waals surface area contributed by atoms with Crippen LogP contribution < -0.4 is 0 Å². The van der Waals surface area contributed by atoms with Crippen LogP contribution in [0.15, 0.2) is 0 Å². The largest absolute Gasteiger partial charge is 0.297 e. The van der Waals surface area contributed by atoms with Crippen LogP contribution in [0.25, 0.3) is 0 Å². The highest BCUT2D eigenvalue weighted by Gasteiger charge is 2.18. The van der Waals surface area contributed by atoms with Gasteiger partial charge in [0.1, 0.15) is 6.17 Å². The minimum absolute atomic E-state index is 0.594. The number of nitrogens with zero attached hydrogens (tertiary/aromatic N) is 2. The normalized spacial score (nSPS) is 27.8. The van der Waals surface area contributed by atoms with E-state index in [2.05, 4.69) is 9.80 Å². The van der Waals surface area contributed by atoms with Crippen molar-refractivity contribution in [3.8, 4) is 0 Å². The Morgan fingerprint density at radius 2 is 2.27 bits per heavy atom. The summed E-state index contributed by atoms with van der Waals surface area (Å²) in [5, 5.41) is 0. The van der Waals surface area contributed by atoms with Crippen LogP contribution >= 0.6 is 0 Å². The van der Waals surface area contributed by atoms with E-state index < -0.39 is 6.17 Å². The summed E-state index contributed by atoms with van der Waals surface area (Å²) in [6.45, 7) is 2.57. The van der Waals surface area contributed by atoms with Gasteiger partial charge in [-0.3, -0.25) is 9.80 Å². The molecular formula is C8H17FN2. The van der Waals surface area contributed by atoms with Crippen molar-refractivity contribution in [1.29, 1.82) is 0 Å². The maximum absolute atomic E-state index is 12.8. The van der Waals surface area contributed by atoms with Gasteiger partial charge in [-0.1, -0.05) is 0 Å². The standard InChI is InChI=1S/C8H17FN2/c1-10(2)7-11-5-3-4-8(9)6-11/h8H,3-7H2,1-2H3. The number of hydrogen-bond donors (Lipinski definition) is 0. The van der Waals surface area contributed by atoms with E-state index in [9.17, 15) is 4.39 Å². The lowest BCUT2D eigenvalue weighted by Crippen LogP contribution is -2.41. The summed E-state index contributed by atoms with van der Waals surface area (Å²) in [5.74, 6) is 0. The molecule has 1 atom stereocenters. The molecule has 1 rings (SSSR count). The quantitative estimate of drug-likeness (QED) is 0.593. The third-order valence-electron chi connectivity index (χ3n) is 1.93. The first-order valence-corrected chi connectivity index (χ1v) is 4.19. The Labute approximate surface area is 68.0 Å². The maximum atomic E-state index is 12.8. The lowest BCUT2D eigenvalue weighted by molar-refractivity contribution is 0.0962. The van der Waals surface area contributed by atoms with E-state index in [1.54, 1.807) is 0 Å². The molecule has 1 saturated heterocycles. The number of rotatable bonds is 2. The van der Waals surface area contributed by atoms with Gasteiger partial charge in [-0.2, -0.15) is 0 Å². The second kappa shape index (κ2) is 4.02. The van der Waals surface area contributed by atoms with Crippen LogP contribution in [0.3, 0.4) is 0 Å². The van der Waals surface area contributed by atoms with Crippen LogP contribution in [0.1, 0.15) is 12.8 Å². The fraction of sp³-hybridized carbons (Fsp3) is 1.00. The van der Waals surface area contributed by atoms with Crippen LogP contribution in [0.5, 0.6) is 0 Å². The monoisotopic (exact) mass is 160 g/mol. The molecule has 0 aromatic heterocycles. The summed E-state index contributed by atoms with van der Waals surface area (Å²) < 4.78 is 12.8. The third-order valence-corrected chi connectivity index (χ3v) is 1.93. The Morgan fingerprint density at radius 3 is 2.82 bits per heavy atom. The van der Waals surface area contributed by atoms with E-state index in [-0.39, 0.29) is 0 Å². The molecule has 1 unspecified atom stereocenters. The molecule has 3 heteroatoms. The molecular weight excluding hydrogens is 143 g/mol. The number of hydrogen-bond acceptors (Lipinski definition) is 2. The predicted molar refractivity (Wildman–Crippen MR) is 44.3 cm³/mol. The molecule has 0 aromatic rings. The lowest BCUT2D eigenvalue weighted by Gasteiger charge is -2.30. The van der Waals surface area contributed by atoms with Crippen LogP contribution in [-0.2, 0) is 0 Å². The van der Waals surface area contributed by atoms with Gasteiger partial charge in [-0.25, -0.2) is 4.39 Å². The summed E-state index contributed by atoms with van der Waals surface area (Å²) in [4.78, 5) is 4.24. The number of piperidine rings is 1. The van der Waals surface area contributed by atoms with Gasteiger partial charge in [-0.05, 0) is 33.5 Å². The fourth-order valence-corrected chi connectivity index (χ4v) is 1.53. The highest BCUT2D eigenvalue weighted by atomic mass is 19.1. The van der Waals surface area contributed by atoms with E-state index in [1.807, 2.05) is 14.1 Å². The van der Waals surface area contributed by atoms with Gasteiger partial charge in [0.05, 0.1) is 6.67 Å². The fourth-order valence-electron chi connectivity index (χ4n) is 1.53. The summed E-state index contributed by atoms with van der Waals surface area (Å²) in [6.07, 6.45) is 1.17. The first kappa shape index (κ1) is 8.94. The average Bonchev–Trinajstić information content (AvgIpc) is 1.85. The molecule has 11 heavy (non-hydrogen) atoms. The van der Waals surface area contributed by atoms with E-state index >= 15 is 0 Å². The Balaban J connectivity index is 2.23. The zero-order valence-corrected chi connectivity index (χ0v) is 7.39. The topological polar surface area (TPSA) is 6.48 Å². The van der Waals surface area contributed by atoms with Gasteiger partial charge in [0, 0.05) is 6.54 Å². The van der Waals surface area contributed by atoms with E-state index in [1.165, 1.54) is 0 Å². The van der Waals surface area contributed by atoms with Crippen LogP contribution in [0.2, 0.25) is 0 Å². The Bertz CT molecular complexity index is 115. The SMILES string of the molecule is CN(C)CN1CCCC(F)C1. The number of likely N-dealkylation sites (tertiary alicyclic amines) is 1. The maximum Gasteiger partial charge on any atom is 0.113 e. The summed E-state index contributed by atoms with van der Waals surface area (Å²) in [7, 11) is 4.03. The van der Waals surface area contributed by atoms with Gasteiger partial charge < -0.3 is 0 Å². The molecule has 0 spiro atoms. The molecule has 0 aliphatic carbocycles. The molecule has 0 radical (unpaired) electrons. The smallest absolute Gasteiger partial charge is 0.113 e. The van der Waals surface area contributed by atoms with Crippen molar-refractivity contribution in [2.45, 2.75) is 19.0 Å². The minimum Gasteiger partial charge on any atom is -0.297 e. The second-order valence-corrected chi connectivity index (χ2v) is 3.54. The van der Waals surface area contributed by atoms with Crippen LogP contribution in [0, 0.1) is 0 Å². The molecule has 1 fully saturated rings. The second-order valence-electron chi connectivity index (χ2n) is 3.54. The van der Waals surface area contributed by atoms with Crippen LogP contribution in [0.4, 0.5) is 4.39 Å². The van der Waals surface area contributed by atoms with Gasteiger partial charge in [0.15, 0.2) is 0 Å². The van der Waals surface area contributed by atoms with Crippen molar-refractivity contribution in [1.82, 2.24) is 9.80 Å². The van der Waals surface area contributed by atoms with E-state index in [4.69, 9.17) is 0 Å². The summed E-state index contributed by atoms with van der Waals surface area (Å²) >= 11 is 0. The van der Waals surface area contributed by atoms with Gasteiger partial charge in [0.25, 0.3) is 0 Å². The first-order chi connectivity index (χ1) is 5.18. The minimum atomic E-state index is -0.594. The molecule has 66 valence electrons. The van der Waals surface area contributed by atoms with Crippen molar-refractivity contribution in [3.05, 3.63) is 0 Å². The molecule has 1 aliphatic rings. The molecule has 0 saturated carbocycles. The molecule has 0 N–H and O–H groups in total. The number of halogens is 1. The van der Waals surface area contributed by atoms with Crippen molar-refractivity contribution in [2.24, 2.45) is 0 Å². The zero-order valence-electron chi connectivity index (χ0n) is 7.39. The summed E-state index contributed by atoms with van der Waals surface area (Å²) in [6, 6.07) is 0. The highest BCUT2D eigenvalue weighted by Crippen LogP contribution is 2.12. The van der Waals surface area contributed by atoms with Crippen molar-refractivity contribution in [3.63, 3.8) is 0 Å². The van der Waals surface area contributed by atoms with Gasteiger partial charge >= 0.3 is 0 Å². The average molecular weight is 160 g/mol. The molecule has 0 bridgehead atoms. The van der Waals surface area contributed by atoms with Crippen molar-refractivity contribution >= 4 is 0 Å². The number of alkyl halides is 1. The molecule has 0 aromatic carbocycles. The Morgan fingerprint density at radius 1 is 1.55 bits per heavy atom. The van der Waals surface area contributed by atoms with Crippen LogP contribution in [-0.4, -0.2) is 49.8 Å². The Hall–Kier alpha value is -0.150. The molecule has 0 amide bonds. The van der Waals surface area contributed by atoms with Gasteiger partial charge in [0.2, 0.25) is 0 Å². The molecule has 2 nitrogen and oxygen atoms in total. The first-order valence-electron chi connectivity index (χ1n) is 4.19. The molecule has 1 heterocycles. The molecule has 1 aliphatic heterocycles. The Kier molecular flexibility index (Phi) is 3.27. The zero-order chi connectivity index (χ0) is 8.27. The van der Waals surface area contributed by atoms with E-state index in [0.717, 1.165) is 26.1 Å².